The average Bonchev–Trinajstić information content (AvgIpc) is 2.78. The molecule has 0 aliphatic heterocycles. The summed E-state index contributed by atoms with van der Waals surface area (Å²) in [6, 6.07) is 27.5. The fraction of sp³-hybridized carbons (Fsp3) is 0. The van der Waals surface area contributed by atoms with E-state index in [4.69, 9.17) is 5.41 Å². The van der Waals surface area contributed by atoms with Gasteiger partial charge in [-0.2, -0.15) is 0 Å². The van der Waals surface area contributed by atoms with Crippen molar-refractivity contribution < 1.29 is 9.59 Å². The van der Waals surface area contributed by atoms with E-state index in [1.165, 1.54) is 12.2 Å². The number of guanidine groups is 1. The van der Waals surface area contributed by atoms with Crippen LogP contribution in [0.15, 0.2) is 103 Å². The summed E-state index contributed by atoms with van der Waals surface area (Å²) in [6.07, 6.45) is 6.02. The van der Waals surface area contributed by atoms with Crippen molar-refractivity contribution in [1.82, 2.24) is 5.32 Å². The number of nitrogens with one attached hydrogen (secondary N) is 2. The molecule has 0 aliphatic carbocycles. The van der Waals surface area contributed by atoms with E-state index >= 15 is 0 Å². The largest absolute Gasteiger partial charge is 0.292 e. The monoisotopic (exact) mass is 395 g/mol. The quantitative estimate of drug-likeness (QED) is 0.379. The van der Waals surface area contributed by atoms with Crippen LogP contribution < -0.4 is 10.2 Å². The predicted molar refractivity (Wildman–Crippen MR) is 121 cm³/mol. The molecule has 0 aromatic heterocycles. The van der Waals surface area contributed by atoms with E-state index in [-0.39, 0.29) is 5.96 Å². The van der Waals surface area contributed by atoms with Gasteiger partial charge in [0.05, 0.1) is 5.69 Å². The molecule has 3 aromatic rings. The van der Waals surface area contributed by atoms with Crippen molar-refractivity contribution in [2.24, 2.45) is 0 Å². The van der Waals surface area contributed by atoms with E-state index in [1.807, 2.05) is 66.7 Å². The normalized spacial score (nSPS) is 10.8. The Kier molecular flexibility index (Phi) is 7.06. The number of hydrogen-bond acceptors (Lipinski definition) is 3. The molecule has 0 bridgehead atoms. The first-order valence-electron chi connectivity index (χ1n) is 9.38. The Morgan fingerprint density at radius 3 is 1.70 bits per heavy atom. The topological polar surface area (TPSA) is 73.3 Å². The minimum atomic E-state index is -0.496. The Morgan fingerprint density at radius 1 is 0.700 bits per heavy atom. The summed E-state index contributed by atoms with van der Waals surface area (Å²) < 4.78 is 0. The van der Waals surface area contributed by atoms with Crippen LogP contribution in [-0.4, -0.2) is 17.8 Å². The molecule has 0 radical (unpaired) electrons. The maximum Gasteiger partial charge on any atom is 0.257 e. The highest BCUT2D eigenvalue weighted by Gasteiger charge is 2.19. The van der Waals surface area contributed by atoms with E-state index in [1.54, 1.807) is 36.4 Å². The second-order valence-corrected chi connectivity index (χ2v) is 6.34. The molecule has 0 heterocycles. The zero-order valence-electron chi connectivity index (χ0n) is 16.2. The maximum absolute atomic E-state index is 12.8. The van der Waals surface area contributed by atoms with Crippen molar-refractivity contribution in [1.29, 1.82) is 5.41 Å². The molecule has 148 valence electrons. The van der Waals surface area contributed by atoms with Gasteiger partial charge in [-0.1, -0.05) is 78.9 Å². The first-order chi connectivity index (χ1) is 14.6. The molecule has 0 spiro atoms. The summed E-state index contributed by atoms with van der Waals surface area (Å²) in [7, 11) is 0. The first-order valence-corrected chi connectivity index (χ1v) is 9.38. The van der Waals surface area contributed by atoms with Crippen molar-refractivity contribution in [2.75, 3.05) is 4.90 Å². The fourth-order valence-electron chi connectivity index (χ4n) is 2.70. The second-order valence-electron chi connectivity index (χ2n) is 6.34. The lowest BCUT2D eigenvalue weighted by Crippen LogP contribution is -2.45. The molecule has 3 aromatic carbocycles. The number of amides is 2. The third kappa shape index (κ3) is 5.87. The van der Waals surface area contributed by atoms with Gasteiger partial charge in [0.25, 0.3) is 11.8 Å². The summed E-state index contributed by atoms with van der Waals surface area (Å²) in [5.41, 5.74) is 2.21. The summed E-state index contributed by atoms with van der Waals surface area (Å²) in [4.78, 5) is 26.3. The lowest BCUT2D eigenvalue weighted by atomic mass is 10.2. The Bertz CT molecular complexity index is 1060. The van der Waals surface area contributed by atoms with Gasteiger partial charge < -0.3 is 0 Å². The zero-order valence-corrected chi connectivity index (χ0v) is 16.2. The number of carbonyl (C=O) groups excluding carboxylic acids is 2. The van der Waals surface area contributed by atoms with Crippen LogP contribution in [0.5, 0.6) is 0 Å². The van der Waals surface area contributed by atoms with Gasteiger partial charge in [-0.15, -0.1) is 0 Å². The minimum absolute atomic E-state index is 0.327. The first kappa shape index (κ1) is 20.5. The van der Waals surface area contributed by atoms with Crippen LogP contribution >= 0.6 is 0 Å². The van der Waals surface area contributed by atoms with E-state index in [0.29, 0.717) is 5.69 Å². The van der Waals surface area contributed by atoms with Crippen LogP contribution in [0.4, 0.5) is 5.69 Å². The van der Waals surface area contributed by atoms with Gasteiger partial charge in [-0.3, -0.25) is 20.3 Å². The minimum Gasteiger partial charge on any atom is -0.292 e. The molecule has 0 unspecified atom stereocenters. The second kappa shape index (κ2) is 10.3. The SMILES string of the molecule is N=C(NC(=O)/C=C/c1ccccc1)N(C(=O)/C=C/c1ccccc1)c1ccccc1. The molecular weight excluding hydrogens is 374 g/mol. The van der Waals surface area contributed by atoms with Crippen LogP contribution in [0.25, 0.3) is 12.2 Å². The van der Waals surface area contributed by atoms with Crippen LogP contribution in [0.1, 0.15) is 11.1 Å². The molecule has 0 aliphatic rings. The molecule has 5 nitrogen and oxygen atoms in total. The maximum atomic E-state index is 12.8. The van der Waals surface area contributed by atoms with Crippen molar-refractivity contribution in [3.05, 3.63) is 114 Å². The Balaban J connectivity index is 1.75. The number of carbonyl (C=O) groups is 2. The summed E-state index contributed by atoms with van der Waals surface area (Å²) in [6.45, 7) is 0. The van der Waals surface area contributed by atoms with Crippen molar-refractivity contribution in [3.8, 4) is 0 Å². The lowest BCUT2D eigenvalue weighted by Gasteiger charge is -2.21. The van der Waals surface area contributed by atoms with Gasteiger partial charge >= 0.3 is 0 Å². The molecule has 5 heteroatoms. The number of rotatable bonds is 5. The average molecular weight is 395 g/mol. The number of para-hydroxylation sites is 1. The highest BCUT2D eigenvalue weighted by atomic mass is 16.2. The Labute approximate surface area is 175 Å². The van der Waals surface area contributed by atoms with Gasteiger partial charge in [-0.25, -0.2) is 4.90 Å². The number of anilines is 1. The third-order valence-corrected chi connectivity index (χ3v) is 4.14. The van der Waals surface area contributed by atoms with Crippen molar-refractivity contribution >= 4 is 35.6 Å². The Morgan fingerprint density at radius 2 is 1.17 bits per heavy atom. The highest BCUT2D eigenvalue weighted by molar-refractivity contribution is 6.23. The molecule has 0 saturated heterocycles. The predicted octanol–water partition coefficient (Wildman–Crippen LogP) is 4.50. The lowest BCUT2D eigenvalue weighted by molar-refractivity contribution is -0.115. The molecule has 2 N–H and O–H groups in total. The summed E-state index contributed by atoms with van der Waals surface area (Å²) in [5, 5.41) is 10.8. The summed E-state index contributed by atoms with van der Waals surface area (Å²) >= 11 is 0. The van der Waals surface area contributed by atoms with E-state index in [9.17, 15) is 9.59 Å². The molecule has 3 rings (SSSR count). The number of hydrogen-bond donors (Lipinski definition) is 2. The van der Waals surface area contributed by atoms with Crippen LogP contribution in [-0.2, 0) is 9.59 Å². The van der Waals surface area contributed by atoms with Crippen LogP contribution in [0.3, 0.4) is 0 Å². The molecule has 0 atom stereocenters. The Hall–Kier alpha value is -4.25. The van der Waals surface area contributed by atoms with Gasteiger partial charge in [0.2, 0.25) is 5.96 Å². The van der Waals surface area contributed by atoms with Gasteiger partial charge in [-0.05, 0) is 35.4 Å². The molecule has 30 heavy (non-hydrogen) atoms. The van der Waals surface area contributed by atoms with E-state index in [0.717, 1.165) is 16.0 Å². The van der Waals surface area contributed by atoms with E-state index < -0.39 is 11.8 Å². The third-order valence-electron chi connectivity index (χ3n) is 4.14. The zero-order chi connectivity index (χ0) is 21.2. The number of benzene rings is 3. The molecular formula is C25H21N3O2. The molecule has 0 fully saturated rings. The van der Waals surface area contributed by atoms with Gasteiger partial charge in [0.15, 0.2) is 0 Å². The molecule has 0 saturated carbocycles. The fourth-order valence-corrected chi connectivity index (χ4v) is 2.70. The number of nitrogens with zero attached hydrogens (tertiary/aromatic N) is 1. The highest BCUT2D eigenvalue weighted by Crippen LogP contribution is 2.14. The summed E-state index contributed by atoms with van der Waals surface area (Å²) in [5.74, 6) is -1.27. The van der Waals surface area contributed by atoms with Crippen LogP contribution in [0, 0.1) is 5.41 Å². The van der Waals surface area contributed by atoms with Crippen LogP contribution in [0.2, 0.25) is 0 Å². The van der Waals surface area contributed by atoms with Gasteiger partial charge in [0, 0.05) is 12.2 Å². The smallest absolute Gasteiger partial charge is 0.257 e. The van der Waals surface area contributed by atoms with Crippen molar-refractivity contribution in [3.63, 3.8) is 0 Å². The van der Waals surface area contributed by atoms with E-state index in [2.05, 4.69) is 5.32 Å². The molecule has 2 amide bonds. The standard InChI is InChI=1S/C25H21N3O2/c26-25(27-23(29)18-16-20-10-4-1-5-11-20)28(22-14-8-3-9-15-22)24(30)19-17-21-12-6-2-7-13-21/h1-19H,(H2,26,27,29)/b18-16+,19-17+. The van der Waals surface area contributed by atoms with Gasteiger partial charge in [0.1, 0.15) is 0 Å². The van der Waals surface area contributed by atoms with Crippen molar-refractivity contribution in [2.45, 2.75) is 0 Å².